The van der Waals surface area contributed by atoms with Crippen molar-refractivity contribution in [2.75, 3.05) is 32.6 Å². The molecule has 0 unspecified atom stereocenters. The van der Waals surface area contributed by atoms with Crippen LogP contribution in [-0.4, -0.2) is 43.2 Å². The summed E-state index contributed by atoms with van der Waals surface area (Å²) in [6.07, 6.45) is 4.76. The molecule has 1 fully saturated rings. The number of rotatable bonds is 4. The average Bonchev–Trinajstić information content (AvgIpc) is 2.27. The first-order valence-electron chi connectivity index (χ1n) is 5.25. The van der Waals surface area contributed by atoms with Crippen LogP contribution in [0.15, 0.2) is 18.5 Å². The fourth-order valence-electron chi connectivity index (χ4n) is 1.61. The SMILES string of the molecule is CNc1cncc(OC[C@@H]2CCN2C)c1. The van der Waals surface area contributed by atoms with Crippen LogP contribution in [0.4, 0.5) is 5.69 Å². The van der Waals surface area contributed by atoms with E-state index in [9.17, 15) is 0 Å². The molecular weight excluding hydrogens is 190 g/mol. The number of nitrogens with one attached hydrogen (secondary N) is 1. The normalized spacial score (nSPS) is 20.8. The van der Waals surface area contributed by atoms with Gasteiger partial charge in [-0.2, -0.15) is 0 Å². The minimum atomic E-state index is 0.572. The third kappa shape index (κ3) is 2.39. The summed E-state index contributed by atoms with van der Waals surface area (Å²) in [5, 5.41) is 3.04. The smallest absolute Gasteiger partial charge is 0.139 e. The number of aromatic nitrogens is 1. The maximum atomic E-state index is 5.68. The maximum absolute atomic E-state index is 5.68. The molecule has 0 bridgehead atoms. The van der Waals surface area contributed by atoms with Crippen molar-refractivity contribution in [1.29, 1.82) is 0 Å². The van der Waals surface area contributed by atoms with Crippen molar-refractivity contribution in [3.63, 3.8) is 0 Å². The van der Waals surface area contributed by atoms with E-state index >= 15 is 0 Å². The number of anilines is 1. The van der Waals surface area contributed by atoms with E-state index in [0.29, 0.717) is 6.04 Å². The minimum Gasteiger partial charge on any atom is -0.490 e. The van der Waals surface area contributed by atoms with Gasteiger partial charge in [0.25, 0.3) is 0 Å². The zero-order chi connectivity index (χ0) is 10.7. The molecule has 0 radical (unpaired) electrons. The summed E-state index contributed by atoms with van der Waals surface area (Å²) in [4.78, 5) is 6.40. The Hall–Kier alpha value is -1.29. The lowest BCUT2D eigenvalue weighted by atomic mass is 10.1. The largest absolute Gasteiger partial charge is 0.490 e. The number of nitrogens with zero attached hydrogens (tertiary/aromatic N) is 2. The first-order valence-corrected chi connectivity index (χ1v) is 5.25. The molecule has 4 heteroatoms. The molecule has 4 nitrogen and oxygen atoms in total. The van der Waals surface area contributed by atoms with Gasteiger partial charge in [0.05, 0.1) is 18.1 Å². The van der Waals surface area contributed by atoms with Gasteiger partial charge in [0.2, 0.25) is 0 Å². The van der Waals surface area contributed by atoms with Crippen LogP contribution >= 0.6 is 0 Å². The Morgan fingerprint density at radius 2 is 2.47 bits per heavy atom. The molecule has 2 heterocycles. The van der Waals surface area contributed by atoms with Crippen LogP contribution in [0.2, 0.25) is 0 Å². The Morgan fingerprint density at radius 1 is 1.60 bits per heavy atom. The summed E-state index contributed by atoms with van der Waals surface area (Å²) >= 11 is 0. The highest BCUT2D eigenvalue weighted by Gasteiger charge is 2.24. The molecule has 1 aromatic heterocycles. The lowest BCUT2D eigenvalue weighted by Gasteiger charge is -2.37. The summed E-state index contributed by atoms with van der Waals surface area (Å²) in [5.41, 5.74) is 0.981. The van der Waals surface area contributed by atoms with E-state index in [2.05, 4.69) is 22.2 Å². The molecule has 1 saturated heterocycles. The van der Waals surface area contributed by atoms with Crippen LogP contribution in [-0.2, 0) is 0 Å². The van der Waals surface area contributed by atoms with Crippen LogP contribution in [0.3, 0.4) is 0 Å². The first-order chi connectivity index (χ1) is 7.29. The van der Waals surface area contributed by atoms with E-state index in [1.165, 1.54) is 13.0 Å². The minimum absolute atomic E-state index is 0.572. The van der Waals surface area contributed by atoms with Crippen molar-refractivity contribution in [3.05, 3.63) is 18.5 Å². The highest BCUT2D eigenvalue weighted by atomic mass is 16.5. The summed E-state index contributed by atoms with van der Waals surface area (Å²) in [6.45, 7) is 1.94. The van der Waals surface area contributed by atoms with E-state index in [1.54, 1.807) is 12.4 Å². The molecule has 15 heavy (non-hydrogen) atoms. The van der Waals surface area contributed by atoms with Gasteiger partial charge in [-0.25, -0.2) is 0 Å². The second kappa shape index (κ2) is 4.49. The van der Waals surface area contributed by atoms with E-state index in [4.69, 9.17) is 4.74 Å². The lowest BCUT2D eigenvalue weighted by molar-refractivity contribution is 0.0768. The van der Waals surface area contributed by atoms with Crippen molar-refractivity contribution in [3.8, 4) is 5.75 Å². The Morgan fingerprint density at radius 3 is 3.07 bits per heavy atom. The molecule has 0 aliphatic carbocycles. The molecule has 0 saturated carbocycles. The number of hydrogen-bond donors (Lipinski definition) is 1. The molecule has 2 rings (SSSR count). The zero-order valence-corrected chi connectivity index (χ0v) is 9.23. The molecule has 1 N–H and O–H groups in total. The van der Waals surface area contributed by atoms with E-state index in [-0.39, 0.29) is 0 Å². The summed E-state index contributed by atoms with van der Waals surface area (Å²) in [7, 11) is 4.00. The van der Waals surface area contributed by atoms with Gasteiger partial charge >= 0.3 is 0 Å². The number of pyridine rings is 1. The predicted octanol–water partition coefficient (Wildman–Crippen LogP) is 1.21. The molecule has 1 atom stereocenters. The van der Waals surface area contributed by atoms with Crippen molar-refractivity contribution in [2.45, 2.75) is 12.5 Å². The monoisotopic (exact) mass is 207 g/mol. The average molecular weight is 207 g/mol. The van der Waals surface area contributed by atoms with Crippen LogP contribution < -0.4 is 10.1 Å². The molecule has 1 aliphatic rings. The Balaban J connectivity index is 1.87. The van der Waals surface area contributed by atoms with Gasteiger partial charge in [-0.1, -0.05) is 0 Å². The van der Waals surface area contributed by atoms with Gasteiger partial charge in [0.1, 0.15) is 12.4 Å². The molecule has 0 aromatic carbocycles. The molecule has 1 aromatic rings. The summed E-state index contributed by atoms with van der Waals surface area (Å²) < 4.78 is 5.68. The van der Waals surface area contributed by atoms with Gasteiger partial charge in [-0.05, 0) is 20.0 Å². The second-order valence-corrected chi connectivity index (χ2v) is 3.89. The van der Waals surface area contributed by atoms with Crippen LogP contribution in [0.1, 0.15) is 6.42 Å². The summed E-state index contributed by atoms with van der Waals surface area (Å²) in [6, 6.07) is 2.54. The third-order valence-corrected chi connectivity index (χ3v) is 2.88. The van der Waals surface area contributed by atoms with E-state index in [0.717, 1.165) is 18.0 Å². The molecular formula is C11H17N3O. The quantitative estimate of drug-likeness (QED) is 0.805. The fraction of sp³-hybridized carbons (Fsp3) is 0.545. The van der Waals surface area contributed by atoms with Crippen molar-refractivity contribution in [2.24, 2.45) is 0 Å². The summed E-state index contributed by atoms with van der Waals surface area (Å²) in [5.74, 6) is 0.835. The number of hydrogen-bond acceptors (Lipinski definition) is 4. The van der Waals surface area contributed by atoms with Gasteiger partial charge in [0, 0.05) is 19.2 Å². The van der Waals surface area contributed by atoms with Crippen molar-refractivity contribution < 1.29 is 4.74 Å². The standard InChI is InChI=1S/C11H17N3O/c1-12-9-5-11(7-13-6-9)15-8-10-3-4-14(10)2/h5-7,10,12H,3-4,8H2,1-2H3/t10-/m0/s1. The fourth-order valence-corrected chi connectivity index (χ4v) is 1.61. The molecule has 0 spiro atoms. The van der Waals surface area contributed by atoms with Gasteiger partial charge in [-0.15, -0.1) is 0 Å². The Bertz CT molecular complexity index is 329. The lowest BCUT2D eigenvalue weighted by Crippen LogP contribution is -2.48. The molecule has 1 aliphatic heterocycles. The predicted molar refractivity (Wildman–Crippen MR) is 60.3 cm³/mol. The van der Waals surface area contributed by atoms with Crippen molar-refractivity contribution >= 4 is 5.69 Å². The maximum Gasteiger partial charge on any atom is 0.139 e. The topological polar surface area (TPSA) is 37.4 Å². The van der Waals surface area contributed by atoms with Crippen LogP contribution in [0.25, 0.3) is 0 Å². The van der Waals surface area contributed by atoms with E-state index < -0.39 is 0 Å². The highest BCUT2D eigenvalue weighted by Crippen LogP contribution is 2.18. The number of likely N-dealkylation sites (N-methyl/N-ethyl adjacent to an activating group) is 1. The van der Waals surface area contributed by atoms with Crippen LogP contribution in [0.5, 0.6) is 5.75 Å². The zero-order valence-electron chi connectivity index (χ0n) is 9.23. The van der Waals surface area contributed by atoms with Crippen LogP contribution in [0, 0.1) is 0 Å². The third-order valence-electron chi connectivity index (χ3n) is 2.88. The molecule has 0 amide bonds. The first kappa shape index (κ1) is 10.2. The highest BCUT2D eigenvalue weighted by molar-refractivity contribution is 5.44. The van der Waals surface area contributed by atoms with Gasteiger partial charge in [-0.3, -0.25) is 9.88 Å². The van der Waals surface area contributed by atoms with Gasteiger partial charge < -0.3 is 10.1 Å². The number of likely N-dealkylation sites (tertiary alicyclic amines) is 1. The van der Waals surface area contributed by atoms with Gasteiger partial charge in [0.15, 0.2) is 0 Å². The number of ether oxygens (including phenoxy) is 1. The van der Waals surface area contributed by atoms with Crippen molar-refractivity contribution in [1.82, 2.24) is 9.88 Å². The Labute approximate surface area is 90.3 Å². The molecule has 82 valence electrons. The van der Waals surface area contributed by atoms with E-state index in [1.807, 2.05) is 13.1 Å². The second-order valence-electron chi connectivity index (χ2n) is 3.89. The Kier molecular flexibility index (Phi) is 3.06.